The minimum absolute atomic E-state index is 0.00636. The third-order valence-electron chi connectivity index (χ3n) is 18.3. The Kier molecular flexibility index (Phi) is 26.5. The lowest BCUT2D eigenvalue weighted by atomic mass is 9.95. The minimum atomic E-state index is -2.30. The van der Waals surface area contributed by atoms with Crippen molar-refractivity contribution in [3.63, 3.8) is 0 Å². The summed E-state index contributed by atoms with van der Waals surface area (Å²) in [4.78, 5) is 132. The fourth-order valence-corrected chi connectivity index (χ4v) is 12.6. The Morgan fingerprint density at radius 2 is 0.469 bits per heavy atom. The molecule has 0 bridgehead atoms. The fraction of sp³-hybridized carbons (Fsp3) is 0.216. The summed E-state index contributed by atoms with van der Waals surface area (Å²) in [5.74, 6) is -9.15. The maximum absolute atomic E-state index is 15.4. The van der Waals surface area contributed by atoms with Crippen LogP contribution < -0.4 is 0 Å². The van der Waals surface area contributed by atoms with E-state index >= 15 is 14.4 Å². The zero-order valence-electron chi connectivity index (χ0n) is 60.1. The van der Waals surface area contributed by atoms with E-state index in [0.717, 1.165) is 0 Å². The van der Waals surface area contributed by atoms with Crippen molar-refractivity contribution < 1.29 is 119 Å². The molecule has 0 aromatic heterocycles. The number of ether oxygens (including phenoxy) is 15. The second-order valence-electron chi connectivity index (χ2n) is 25.9. The van der Waals surface area contributed by atoms with Crippen molar-refractivity contribution in [3.8, 4) is 0 Å². The van der Waals surface area contributed by atoms with Crippen LogP contribution in [-0.2, 0) is 77.7 Å². The summed E-state index contributed by atoms with van der Waals surface area (Å²) >= 11 is 0. The molecule has 0 radical (unpaired) electrons. The zero-order valence-corrected chi connectivity index (χ0v) is 60.1. The number of hydrogen-bond acceptors (Lipinski definition) is 25. The van der Waals surface area contributed by atoms with Crippen molar-refractivity contribution in [1.29, 1.82) is 0 Å². The van der Waals surface area contributed by atoms with Crippen LogP contribution in [-0.4, -0.2) is 171 Å². The third-order valence-corrected chi connectivity index (χ3v) is 18.3. The van der Waals surface area contributed by atoms with Crippen molar-refractivity contribution >= 4 is 53.7 Å². The van der Waals surface area contributed by atoms with E-state index in [9.17, 15) is 33.9 Å². The summed E-state index contributed by atoms with van der Waals surface area (Å²) in [6, 6.07) is 77.5. The Morgan fingerprint density at radius 1 is 0.239 bits per heavy atom. The average Bonchev–Trinajstić information content (AvgIpc) is 0.760. The second kappa shape index (κ2) is 38.2. The monoisotopic (exact) mass is 1530 g/mol. The van der Waals surface area contributed by atoms with Gasteiger partial charge in [-0.1, -0.05) is 194 Å². The Bertz CT molecular complexity index is 4810. The molecule has 3 fully saturated rings. The summed E-state index contributed by atoms with van der Waals surface area (Å²) < 4.78 is 98.5. The van der Waals surface area contributed by atoms with Crippen LogP contribution in [0.3, 0.4) is 0 Å². The first-order valence-corrected chi connectivity index (χ1v) is 36.0. The molecule has 3 saturated heterocycles. The van der Waals surface area contributed by atoms with E-state index in [0.29, 0.717) is 5.56 Å². The van der Waals surface area contributed by atoms with Crippen molar-refractivity contribution in [2.24, 2.45) is 0 Å². The number of hydrogen-bond donors (Lipinski definition) is 1. The van der Waals surface area contributed by atoms with Gasteiger partial charge in [-0.15, -0.1) is 0 Å². The molecule has 10 aromatic carbocycles. The van der Waals surface area contributed by atoms with Crippen LogP contribution >= 0.6 is 0 Å². The lowest BCUT2D eigenvalue weighted by Gasteiger charge is -2.50. The second-order valence-corrected chi connectivity index (χ2v) is 25.9. The van der Waals surface area contributed by atoms with E-state index in [1.54, 1.807) is 158 Å². The quantitative estimate of drug-likeness (QED) is 0.0352. The Balaban J connectivity index is 0.996. The first-order valence-electron chi connectivity index (χ1n) is 36.0. The van der Waals surface area contributed by atoms with Gasteiger partial charge in [0.25, 0.3) is 0 Å². The van der Waals surface area contributed by atoms with Gasteiger partial charge in [0, 0.05) is 0 Å². The molecule has 0 amide bonds. The molecule has 13 rings (SSSR count). The topological polar surface area (TPSA) is 312 Å². The van der Waals surface area contributed by atoms with Gasteiger partial charge in [-0.25, -0.2) is 43.2 Å². The molecule has 3 aliphatic heterocycles. The third kappa shape index (κ3) is 20.2. The van der Waals surface area contributed by atoms with E-state index in [-0.39, 0.29) is 56.7 Å². The number of rotatable bonds is 28. The molecular formula is C88H74O25. The summed E-state index contributed by atoms with van der Waals surface area (Å²) in [7, 11) is 0. The molecule has 576 valence electrons. The molecular weight excluding hydrogens is 1460 g/mol. The van der Waals surface area contributed by atoms with Gasteiger partial charge >= 0.3 is 53.7 Å². The zero-order chi connectivity index (χ0) is 78.4. The van der Waals surface area contributed by atoms with Crippen molar-refractivity contribution in [2.75, 3.05) is 19.8 Å². The normalized spacial score (nSPS) is 23.1. The van der Waals surface area contributed by atoms with E-state index in [1.165, 1.54) is 146 Å². The smallest absolute Gasteiger partial charge is 0.338 e. The van der Waals surface area contributed by atoms with Crippen LogP contribution in [0.5, 0.6) is 0 Å². The predicted molar refractivity (Wildman–Crippen MR) is 397 cm³/mol. The molecule has 0 aliphatic carbocycles. The molecule has 25 nitrogen and oxygen atoms in total. The van der Waals surface area contributed by atoms with E-state index in [2.05, 4.69) is 0 Å². The highest BCUT2D eigenvalue weighted by molar-refractivity contribution is 5.94. The largest absolute Gasteiger partial charge is 0.459 e. The van der Waals surface area contributed by atoms with Gasteiger partial charge in [-0.3, -0.25) is 0 Å². The number of aliphatic hydroxyl groups is 1. The molecule has 1 N–H and O–H groups in total. The van der Waals surface area contributed by atoms with Gasteiger partial charge in [0.05, 0.1) is 56.7 Å². The molecule has 3 aliphatic rings. The molecule has 15 atom stereocenters. The fourth-order valence-electron chi connectivity index (χ4n) is 12.6. The molecule has 0 saturated carbocycles. The SMILES string of the molecule is O=C(OCC1O[C@@H](O[C@@H]2C(OC(=O)c3ccccc3)[C@H](OC3[C@H](OCc4ccccc4)OC(COC(=O)c4ccccc4)[C@H](OC(=O)c4ccccc4)[C@@H]3OC(=O)c3ccccc3)OC(COC(=O)c3ccccc3)[C@@H]2OC(=O)c2ccccc2)C(OC(=O)c2ccccc2)[C@@H](O)[C@H]1OC(=O)c1ccccc1)c1ccccc1. The van der Waals surface area contributed by atoms with Crippen molar-refractivity contribution in [3.05, 3.63) is 359 Å². The molecule has 3 heterocycles. The summed E-state index contributed by atoms with van der Waals surface area (Å²) in [6.07, 6.45) is -30.6. The van der Waals surface area contributed by atoms with Gasteiger partial charge in [0.2, 0.25) is 0 Å². The highest BCUT2D eigenvalue weighted by Crippen LogP contribution is 2.40. The van der Waals surface area contributed by atoms with Crippen LogP contribution in [0.4, 0.5) is 0 Å². The Hall–Kier alpha value is -12.9. The van der Waals surface area contributed by atoms with Gasteiger partial charge in [0.1, 0.15) is 50.3 Å². The number of aliphatic hydroxyl groups excluding tert-OH is 1. The van der Waals surface area contributed by atoms with E-state index in [4.69, 9.17) is 71.1 Å². The van der Waals surface area contributed by atoms with Crippen LogP contribution in [0.15, 0.2) is 303 Å². The Labute approximate surface area is 647 Å². The van der Waals surface area contributed by atoms with Gasteiger partial charge in [0.15, 0.2) is 61.6 Å². The van der Waals surface area contributed by atoms with Crippen LogP contribution in [0, 0.1) is 0 Å². The number of benzene rings is 10. The van der Waals surface area contributed by atoms with Crippen LogP contribution in [0.1, 0.15) is 98.8 Å². The number of esters is 9. The molecule has 10 aromatic rings. The maximum atomic E-state index is 15.4. The lowest BCUT2D eigenvalue weighted by molar-refractivity contribution is -0.383. The Morgan fingerprint density at radius 3 is 0.796 bits per heavy atom. The number of carbonyl (C=O) groups excluding carboxylic acids is 9. The van der Waals surface area contributed by atoms with Crippen molar-refractivity contribution in [2.45, 2.75) is 98.7 Å². The summed E-state index contributed by atoms with van der Waals surface area (Å²) in [6.45, 7) is -2.80. The first-order chi connectivity index (χ1) is 55.2. The maximum Gasteiger partial charge on any atom is 0.338 e. The molecule has 0 spiro atoms. The standard InChI is InChI=1S/C88H74O25/c89-68-69(106-80(93)59-39-19-5-20-40-59)65(52-99-77(90)56-33-13-2-14-34-56)104-87(72(68)109-83(96)62-45-25-8-26-46-62)112-74-71(108-82(95)61-43-23-7-24-44-61)67(54-101-79(92)58-37-17-4-18-38-58)105-88(76(74)111-85(98)64-49-29-10-30-50-64)113-75-73(110-84(97)63-47-27-9-28-48-63)70(107-81(94)60-41-21-6-22-42-60)66(53-100-78(91)57-35-15-3-16-36-57)103-86(75)102-51-55-31-11-1-12-32-55/h1-50,65-76,86-89H,51-54H2/t65?,66?,67?,68-,69-,70-,71-,72?,73-,74-,75?,76?,86+,87-,88-/m0/s1. The highest BCUT2D eigenvalue weighted by Gasteiger charge is 2.60. The molecule has 113 heavy (non-hydrogen) atoms. The van der Waals surface area contributed by atoms with Gasteiger partial charge in [-0.05, 0) is 115 Å². The molecule has 25 heteroatoms. The highest BCUT2D eigenvalue weighted by atomic mass is 16.8. The van der Waals surface area contributed by atoms with Gasteiger partial charge in [-0.2, -0.15) is 0 Å². The number of carbonyl (C=O) groups is 9. The first kappa shape index (κ1) is 78.3. The molecule has 6 unspecified atom stereocenters. The van der Waals surface area contributed by atoms with E-state index in [1.807, 2.05) is 0 Å². The van der Waals surface area contributed by atoms with Crippen molar-refractivity contribution in [1.82, 2.24) is 0 Å². The minimum Gasteiger partial charge on any atom is -0.459 e. The average molecular weight is 1530 g/mol. The summed E-state index contributed by atoms with van der Waals surface area (Å²) in [5, 5.41) is 13.2. The van der Waals surface area contributed by atoms with Gasteiger partial charge < -0.3 is 76.2 Å². The van der Waals surface area contributed by atoms with Crippen LogP contribution in [0.25, 0.3) is 0 Å². The predicted octanol–water partition coefficient (Wildman–Crippen LogP) is 11.4. The van der Waals surface area contributed by atoms with Crippen LogP contribution in [0.2, 0.25) is 0 Å². The summed E-state index contributed by atoms with van der Waals surface area (Å²) in [5.41, 5.74) is 0.429. The lowest BCUT2D eigenvalue weighted by Crippen LogP contribution is -2.69. The van der Waals surface area contributed by atoms with E-state index < -0.39 is 166 Å².